The second-order valence-electron chi connectivity index (χ2n) is 4.83. The molecule has 2 aromatic carbocycles. The summed E-state index contributed by atoms with van der Waals surface area (Å²) >= 11 is 0. The second-order valence-corrected chi connectivity index (χ2v) is 4.83. The standard InChI is InChI=1S/C18H22.H2S/c1-2-3-4-6-11-17-14-9-10-15-18(17)16-12-7-5-8-13-16;/h5,7-10,12-15H,2-4,6,11H2,1H3;1H2. The van der Waals surface area contributed by atoms with Crippen molar-refractivity contribution in [3.63, 3.8) is 0 Å². The highest BCUT2D eigenvalue weighted by Crippen LogP contribution is 2.24. The van der Waals surface area contributed by atoms with Crippen molar-refractivity contribution < 1.29 is 0 Å². The molecule has 0 nitrogen and oxygen atoms in total. The zero-order valence-corrected chi connectivity index (χ0v) is 12.7. The lowest BCUT2D eigenvalue weighted by atomic mass is 9.96. The van der Waals surface area contributed by atoms with Gasteiger partial charge in [-0.25, -0.2) is 0 Å². The van der Waals surface area contributed by atoms with Gasteiger partial charge in [0.15, 0.2) is 0 Å². The molecule has 0 radical (unpaired) electrons. The molecule has 1 heteroatoms. The molecule has 102 valence electrons. The fourth-order valence-corrected chi connectivity index (χ4v) is 2.38. The maximum absolute atomic E-state index is 2.27. The van der Waals surface area contributed by atoms with Crippen molar-refractivity contribution in [3.05, 3.63) is 60.2 Å². The Labute approximate surface area is 124 Å². The topological polar surface area (TPSA) is 0 Å². The highest BCUT2D eigenvalue weighted by Gasteiger charge is 2.03. The van der Waals surface area contributed by atoms with Crippen molar-refractivity contribution in [2.75, 3.05) is 0 Å². The summed E-state index contributed by atoms with van der Waals surface area (Å²) in [6.07, 6.45) is 6.51. The van der Waals surface area contributed by atoms with Gasteiger partial charge in [0.25, 0.3) is 0 Å². The van der Waals surface area contributed by atoms with Gasteiger partial charge in [-0.2, -0.15) is 13.5 Å². The fraction of sp³-hybridized carbons (Fsp3) is 0.333. The largest absolute Gasteiger partial charge is 0.197 e. The SMILES string of the molecule is CCCCCCc1ccccc1-c1ccccc1.S. The minimum atomic E-state index is 0. The van der Waals surface area contributed by atoms with Gasteiger partial charge in [0.05, 0.1) is 0 Å². The normalized spacial score (nSPS) is 9.95. The molecule has 0 aromatic heterocycles. The lowest BCUT2D eigenvalue weighted by Crippen LogP contribution is -1.90. The van der Waals surface area contributed by atoms with E-state index in [0.29, 0.717) is 0 Å². The number of rotatable bonds is 6. The number of aryl methyl sites for hydroxylation is 1. The molecule has 19 heavy (non-hydrogen) atoms. The molecule has 0 aliphatic carbocycles. The maximum atomic E-state index is 2.27. The van der Waals surface area contributed by atoms with Crippen molar-refractivity contribution >= 4 is 13.5 Å². The molecule has 2 rings (SSSR count). The molecule has 0 bridgehead atoms. The average molecular weight is 272 g/mol. The van der Waals surface area contributed by atoms with Crippen LogP contribution in [0, 0.1) is 0 Å². The maximum Gasteiger partial charge on any atom is -0.0152 e. The molecule has 0 aliphatic heterocycles. The molecule has 0 fully saturated rings. The molecule has 0 unspecified atom stereocenters. The van der Waals surface area contributed by atoms with Crippen LogP contribution in [0.1, 0.15) is 38.2 Å². The Morgan fingerprint density at radius 1 is 0.737 bits per heavy atom. The van der Waals surface area contributed by atoms with Gasteiger partial charge in [-0.15, -0.1) is 0 Å². The van der Waals surface area contributed by atoms with Crippen LogP contribution in [0.5, 0.6) is 0 Å². The van der Waals surface area contributed by atoms with Crippen molar-refractivity contribution in [2.24, 2.45) is 0 Å². The first kappa shape index (κ1) is 15.8. The molecule has 0 heterocycles. The van der Waals surface area contributed by atoms with Gasteiger partial charge < -0.3 is 0 Å². The molecule has 0 amide bonds. The summed E-state index contributed by atoms with van der Waals surface area (Å²) in [5.41, 5.74) is 4.22. The van der Waals surface area contributed by atoms with Crippen molar-refractivity contribution in [2.45, 2.75) is 39.0 Å². The van der Waals surface area contributed by atoms with Gasteiger partial charge in [0.2, 0.25) is 0 Å². The molecular formula is C18H24S. The van der Waals surface area contributed by atoms with Gasteiger partial charge in [-0.1, -0.05) is 80.8 Å². The van der Waals surface area contributed by atoms with Gasteiger partial charge in [-0.3, -0.25) is 0 Å². The minimum Gasteiger partial charge on any atom is -0.197 e. The second kappa shape index (κ2) is 8.82. The summed E-state index contributed by atoms with van der Waals surface area (Å²) in [5, 5.41) is 0. The van der Waals surface area contributed by atoms with Crippen LogP contribution in [-0.4, -0.2) is 0 Å². The Morgan fingerprint density at radius 2 is 1.42 bits per heavy atom. The van der Waals surface area contributed by atoms with E-state index < -0.39 is 0 Å². The zero-order chi connectivity index (χ0) is 12.6. The predicted octanol–water partition coefficient (Wildman–Crippen LogP) is 5.59. The Hall–Kier alpha value is -1.21. The number of hydrogen-bond donors (Lipinski definition) is 0. The average Bonchev–Trinajstić information content (AvgIpc) is 2.45. The van der Waals surface area contributed by atoms with E-state index in [1.54, 1.807) is 0 Å². The van der Waals surface area contributed by atoms with E-state index in [9.17, 15) is 0 Å². The van der Waals surface area contributed by atoms with Gasteiger partial charge >= 0.3 is 0 Å². The van der Waals surface area contributed by atoms with Crippen LogP contribution in [0.25, 0.3) is 11.1 Å². The molecule has 0 saturated carbocycles. The van der Waals surface area contributed by atoms with Crippen molar-refractivity contribution in [3.8, 4) is 11.1 Å². The fourth-order valence-electron chi connectivity index (χ4n) is 2.38. The summed E-state index contributed by atoms with van der Waals surface area (Å²) in [5.74, 6) is 0. The lowest BCUT2D eigenvalue weighted by Gasteiger charge is -2.09. The van der Waals surface area contributed by atoms with Crippen LogP contribution in [0.3, 0.4) is 0 Å². The van der Waals surface area contributed by atoms with Gasteiger partial charge in [-0.05, 0) is 29.5 Å². The molecular weight excluding hydrogens is 248 g/mol. The zero-order valence-electron chi connectivity index (χ0n) is 11.7. The molecule has 0 spiro atoms. The van der Waals surface area contributed by atoms with E-state index in [-0.39, 0.29) is 13.5 Å². The summed E-state index contributed by atoms with van der Waals surface area (Å²) in [4.78, 5) is 0. The molecule has 0 aliphatic rings. The first-order valence-corrected chi connectivity index (χ1v) is 7.05. The van der Waals surface area contributed by atoms with Crippen LogP contribution in [0.15, 0.2) is 54.6 Å². The van der Waals surface area contributed by atoms with E-state index in [1.165, 1.54) is 48.8 Å². The third kappa shape index (κ3) is 4.76. The Balaban J connectivity index is 0.00000180. The number of unbranched alkanes of at least 4 members (excludes halogenated alkanes) is 3. The van der Waals surface area contributed by atoms with Crippen LogP contribution in [0.4, 0.5) is 0 Å². The summed E-state index contributed by atoms with van der Waals surface area (Å²) in [6, 6.07) is 19.5. The number of hydrogen-bond acceptors (Lipinski definition) is 0. The monoisotopic (exact) mass is 272 g/mol. The summed E-state index contributed by atoms with van der Waals surface area (Å²) in [6.45, 7) is 2.26. The minimum absolute atomic E-state index is 0. The van der Waals surface area contributed by atoms with E-state index >= 15 is 0 Å². The Morgan fingerprint density at radius 3 is 2.16 bits per heavy atom. The van der Waals surface area contributed by atoms with E-state index in [1.807, 2.05) is 0 Å². The molecule has 2 aromatic rings. The van der Waals surface area contributed by atoms with Gasteiger partial charge in [0.1, 0.15) is 0 Å². The smallest absolute Gasteiger partial charge is 0.0152 e. The highest BCUT2D eigenvalue weighted by atomic mass is 32.1. The third-order valence-corrected chi connectivity index (χ3v) is 3.40. The predicted molar refractivity (Wildman–Crippen MR) is 90.1 cm³/mol. The lowest BCUT2D eigenvalue weighted by molar-refractivity contribution is 0.667. The van der Waals surface area contributed by atoms with Crippen LogP contribution in [-0.2, 0) is 6.42 Å². The Bertz CT molecular complexity index is 462. The summed E-state index contributed by atoms with van der Waals surface area (Å²) in [7, 11) is 0. The third-order valence-electron chi connectivity index (χ3n) is 3.40. The molecule has 0 N–H and O–H groups in total. The van der Waals surface area contributed by atoms with E-state index in [2.05, 4.69) is 61.5 Å². The Kier molecular flexibility index (Phi) is 7.35. The highest BCUT2D eigenvalue weighted by molar-refractivity contribution is 7.59. The van der Waals surface area contributed by atoms with E-state index in [4.69, 9.17) is 0 Å². The first-order chi connectivity index (χ1) is 8.92. The van der Waals surface area contributed by atoms with Crippen LogP contribution >= 0.6 is 13.5 Å². The molecule has 0 atom stereocenters. The van der Waals surface area contributed by atoms with Crippen molar-refractivity contribution in [1.82, 2.24) is 0 Å². The van der Waals surface area contributed by atoms with Gasteiger partial charge in [0, 0.05) is 0 Å². The number of benzene rings is 2. The first-order valence-electron chi connectivity index (χ1n) is 7.05. The quantitative estimate of drug-likeness (QED) is 0.601. The summed E-state index contributed by atoms with van der Waals surface area (Å²) < 4.78 is 0. The van der Waals surface area contributed by atoms with Crippen LogP contribution < -0.4 is 0 Å². The van der Waals surface area contributed by atoms with E-state index in [0.717, 1.165) is 0 Å². The van der Waals surface area contributed by atoms with Crippen LogP contribution in [0.2, 0.25) is 0 Å². The molecule has 0 saturated heterocycles. The van der Waals surface area contributed by atoms with Crippen molar-refractivity contribution in [1.29, 1.82) is 0 Å².